The minimum Gasteiger partial charge on any atom is -0.407 e. The maximum atomic E-state index is 15.3. The van der Waals surface area contributed by atoms with Crippen LogP contribution in [0, 0.1) is 11.7 Å². The maximum absolute atomic E-state index is 15.3. The summed E-state index contributed by atoms with van der Waals surface area (Å²) in [6, 6.07) is 5.68. The van der Waals surface area contributed by atoms with E-state index in [0.717, 1.165) is 24.2 Å². The first-order valence-corrected chi connectivity index (χ1v) is 11.7. The highest BCUT2D eigenvalue weighted by Gasteiger charge is 2.49. The summed E-state index contributed by atoms with van der Waals surface area (Å²) in [4.78, 5) is 0. The van der Waals surface area contributed by atoms with Crippen molar-refractivity contribution in [3.8, 4) is 0 Å². The van der Waals surface area contributed by atoms with Crippen LogP contribution in [-0.4, -0.2) is 14.4 Å². The smallest absolute Gasteiger partial charge is 0.300 e. The molecule has 2 nitrogen and oxygen atoms in total. The topological polar surface area (TPSA) is 35.2 Å². The van der Waals surface area contributed by atoms with Crippen LogP contribution in [0.5, 0.6) is 0 Å². The summed E-state index contributed by atoms with van der Waals surface area (Å²) in [6.45, 7) is 11.0. The minimum atomic E-state index is -3.42. The van der Waals surface area contributed by atoms with Crippen LogP contribution in [0.15, 0.2) is 18.2 Å². The molecule has 2 unspecified atom stereocenters. The number of hydrogen-bond acceptors (Lipinski definition) is 2. The van der Waals surface area contributed by atoms with Gasteiger partial charge in [0.25, 0.3) is 0 Å². The predicted molar refractivity (Wildman–Crippen MR) is 99.8 cm³/mol. The number of rotatable bonds is 9. The van der Waals surface area contributed by atoms with E-state index >= 15 is 8.78 Å². The standard InChI is InChI=1S/C19H32F3NOSi/c1-7-25(8-2,9-3)24-18(13(4)5)19(21,22)16-12-10-11-15(14(6)23)17(16)20/h10-14,18H,7-9,23H2,1-6H3. The maximum Gasteiger partial charge on any atom is 0.300 e. The lowest BCUT2D eigenvalue weighted by atomic mass is 9.92. The number of hydrogen-bond donors (Lipinski definition) is 1. The number of nitrogens with two attached hydrogens (primary N) is 1. The Morgan fingerprint density at radius 2 is 1.60 bits per heavy atom. The van der Waals surface area contributed by atoms with Crippen LogP contribution >= 0.6 is 0 Å². The molecule has 6 heteroatoms. The van der Waals surface area contributed by atoms with Crippen molar-refractivity contribution in [2.24, 2.45) is 11.7 Å². The van der Waals surface area contributed by atoms with Crippen molar-refractivity contribution in [1.29, 1.82) is 0 Å². The number of halogens is 3. The summed E-state index contributed by atoms with van der Waals surface area (Å²) >= 11 is 0. The molecule has 0 aliphatic heterocycles. The molecule has 0 aromatic heterocycles. The first kappa shape index (κ1) is 22.2. The van der Waals surface area contributed by atoms with E-state index in [4.69, 9.17) is 10.2 Å². The lowest BCUT2D eigenvalue weighted by Gasteiger charge is -2.39. The highest BCUT2D eigenvalue weighted by molar-refractivity contribution is 6.73. The Hall–Kier alpha value is -0.853. The van der Waals surface area contributed by atoms with Crippen LogP contribution in [0.1, 0.15) is 58.7 Å². The lowest BCUT2D eigenvalue weighted by molar-refractivity contribution is -0.127. The third kappa shape index (κ3) is 4.66. The van der Waals surface area contributed by atoms with Crippen LogP contribution in [0.25, 0.3) is 0 Å². The Morgan fingerprint density at radius 1 is 1.08 bits per heavy atom. The molecular formula is C19H32F3NOSi. The molecule has 1 rings (SSSR count). The number of benzene rings is 1. The molecule has 0 aliphatic carbocycles. The van der Waals surface area contributed by atoms with Gasteiger partial charge in [0.1, 0.15) is 11.9 Å². The van der Waals surface area contributed by atoms with Gasteiger partial charge in [0.15, 0.2) is 8.32 Å². The molecule has 144 valence electrons. The Bertz CT molecular complexity index is 551. The van der Waals surface area contributed by atoms with Crippen LogP contribution in [0.4, 0.5) is 13.2 Å². The van der Waals surface area contributed by atoms with E-state index in [1.54, 1.807) is 20.8 Å². The molecule has 0 amide bonds. The summed E-state index contributed by atoms with van der Waals surface area (Å²) < 4.78 is 51.5. The second-order valence-corrected chi connectivity index (χ2v) is 11.9. The quantitative estimate of drug-likeness (QED) is 0.539. The van der Waals surface area contributed by atoms with Gasteiger partial charge >= 0.3 is 5.92 Å². The molecule has 0 spiro atoms. The van der Waals surface area contributed by atoms with E-state index < -0.39 is 43.7 Å². The number of alkyl halides is 2. The molecule has 0 bridgehead atoms. The lowest BCUT2D eigenvalue weighted by Crippen LogP contribution is -2.48. The molecule has 0 fully saturated rings. The third-order valence-electron chi connectivity index (χ3n) is 5.15. The summed E-state index contributed by atoms with van der Waals surface area (Å²) in [5, 5.41) is 0. The zero-order chi connectivity index (χ0) is 19.4. The molecule has 1 aromatic carbocycles. The molecule has 0 radical (unpaired) electrons. The van der Waals surface area contributed by atoms with Crippen LogP contribution in [-0.2, 0) is 10.3 Å². The first-order chi connectivity index (χ1) is 11.6. The normalized spacial score (nSPS) is 15.5. The van der Waals surface area contributed by atoms with Gasteiger partial charge in [-0.05, 0) is 37.0 Å². The van der Waals surface area contributed by atoms with Gasteiger partial charge in [-0.25, -0.2) is 4.39 Å². The van der Waals surface area contributed by atoms with Crippen LogP contribution < -0.4 is 5.73 Å². The largest absolute Gasteiger partial charge is 0.407 e. The van der Waals surface area contributed by atoms with Gasteiger partial charge < -0.3 is 10.2 Å². The molecule has 25 heavy (non-hydrogen) atoms. The second kappa shape index (κ2) is 8.69. The van der Waals surface area contributed by atoms with Gasteiger partial charge in [0.05, 0.1) is 5.56 Å². The highest BCUT2D eigenvalue weighted by Crippen LogP contribution is 2.42. The van der Waals surface area contributed by atoms with Crippen LogP contribution in [0.2, 0.25) is 18.1 Å². The van der Waals surface area contributed by atoms with Crippen molar-refractivity contribution >= 4 is 8.32 Å². The van der Waals surface area contributed by atoms with E-state index in [-0.39, 0.29) is 5.56 Å². The zero-order valence-electron chi connectivity index (χ0n) is 16.2. The fourth-order valence-corrected chi connectivity index (χ4v) is 6.17. The molecule has 2 N–H and O–H groups in total. The Morgan fingerprint density at radius 3 is 2.00 bits per heavy atom. The first-order valence-electron chi connectivity index (χ1n) is 9.16. The molecule has 2 atom stereocenters. The second-order valence-electron chi connectivity index (χ2n) is 7.15. The van der Waals surface area contributed by atoms with E-state index in [1.807, 2.05) is 20.8 Å². The van der Waals surface area contributed by atoms with Gasteiger partial charge in [0, 0.05) is 11.6 Å². The molecule has 0 heterocycles. The van der Waals surface area contributed by atoms with Gasteiger partial charge in [-0.1, -0.05) is 46.8 Å². The van der Waals surface area contributed by atoms with Gasteiger partial charge in [0.2, 0.25) is 0 Å². The minimum absolute atomic E-state index is 0.102. The highest BCUT2D eigenvalue weighted by atomic mass is 28.4. The predicted octanol–water partition coefficient (Wildman–Crippen LogP) is 5.98. The van der Waals surface area contributed by atoms with Gasteiger partial charge in [-0.2, -0.15) is 8.78 Å². The van der Waals surface area contributed by atoms with Crippen molar-refractivity contribution in [1.82, 2.24) is 0 Å². The average Bonchev–Trinajstić information content (AvgIpc) is 2.55. The van der Waals surface area contributed by atoms with Crippen LogP contribution in [0.3, 0.4) is 0 Å². The van der Waals surface area contributed by atoms with Crippen molar-refractivity contribution in [3.05, 3.63) is 35.1 Å². The van der Waals surface area contributed by atoms with Crippen molar-refractivity contribution in [3.63, 3.8) is 0 Å². The summed E-state index contributed by atoms with van der Waals surface area (Å²) in [5.74, 6) is -4.78. The van der Waals surface area contributed by atoms with Crippen molar-refractivity contribution < 1.29 is 17.6 Å². The summed E-state index contributed by atoms with van der Waals surface area (Å²) in [5.41, 5.74) is 5.20. The van der Waals surface area contributed by atoms with Crippen molar-refractivity contribution in [2.75, 3.05) is 0 Å². The molecular weight excluding hydrogens is 343 g/mol. The molecule has 0 saturated carbocycles. The van der Waals surface area contributed by atoms with E-state index in [9.17, 15) is 4.39 Å². The van der Waals surface area contributed by atoms with E-state index in [0.29, 0.717) is 0 Å². The molecule has 0 saturated heterocycles. The Labute approximate surface area is 151 Å². The summed E-state index contributed by atoms with van der Waals surface area (Å²) in [7, 11) is -2.27. The fraction of sp³-hybridized carbons (Fsp3) is 0.684. The monoisotopic (exact) mass is 375 g/mol. The van der Waals surface area contributed by atoms with E-state index in [1.165, 1.54) is 12.1 Å². The molecule has 1 aromatic rings. The third-order valence-corrected chi connectivity index (χ3v) is 9.77. The zero-order valence-corrected chi connectivity index (χ0v) is 17.2. The summed E-state index contributed by atoms with van der Waals surface area (Å²) in [6.07, 6.45) is -1.35. The Kier molecular flexibility index (Phi) is 7.71. The van der Waals surface area contributed by atoms with Crippen molar-refractivity contribution in [2.45, 2.75) is 77.7 Å². The van der Waals surface area contributed by atoms with Gasteiger partial charge in [-0.3, -0.25) is 0 Å². The Balaban J connectivity index is 3.38. The SMILES string of the molecule is CC[Si](CC)(CC)OC(C(C)C)C(F)(F)c1cccc(C(C)N)c1F. The average molecular weight is 376 g/mol. The van der Waals surface area contributed by atoms with Gasteiger partial charge in [-0.15, -0.1) is 0 Å². The molecule has 0 aliphatic rings. The van der Waals surface area contributed by atoms with E-state index in [2.05, 4.69) is 0 Å². The fourth-order valence-electron chi connectivity index (χ4n) is 3.21.